The number of thiazole rings is 1. The number of aromatic nitrogens is 1. The van der Waals surface area contributed by atoms with Crippen LogP contribution in [0.25, 0.3) is 27.9 Å². The molecule has 0 saturated carbocycles. The summed E-state index contributed by atoms with van der Waals surface area (Å²) in [5.41, 5.74) is 4.59. The van der Waals surface area contributed by atoms with Gasteiger partial charge in [-0.05, 0) is 42.8 Å². The predicted octanol–water partition coefficient (Wildman–Crippen LogP) is 6.54. The molecule has 4 aromatic rings. The number of benzene rings is 3. The van der Waals surface area contributed by atoms with Crippen molar-refractivity contribution in [1.29, 1.82) is 0 Å². The molecule has 0 saturated heterocycles. The van der Waals surface area contributed by atoms with Crippen LogP contribution in [-0.2, 0) is 4.79 Å². The second-order valence-corrected chi connectivity index (χ2v) is 8.01. The Morgan fingerprint density at radius 2 is 1.79 bits per heavy atom. The van der Waals surface area contributed by atoms with E-state index in [9.17, 15) is 4.79 Å². The molecule has 0 atom stereocenters. The van der Waals surface area contributed by atoms with Gasteiger partial charge in [0.1, 0.15) is 5.01 Å². The molecule has 1 heterocycles. The van der Waals surface area contributed by atoms with E-state index in [0.29, 0.717) is 18.1 Å². The van der Waals surface area contributed by atoms with E-state index < -0.39 is 0 Å². The lowest BCUT2D eigenvalue weighted by atomic mass is 10.1. The Bertz CT molecular complexity index is 1250. The first-order chi connectivity index (χ1) is 16.2. The van der Waals surface area contributed by atoms with Crippen LogP contribution in [0.1, 0.15) is 12.5 Å². The number of ether oxygens (including phenoxy) is 2. The van der Waals surface area contributed by atoms with Crippen LogP contribution in [0.4, 0.5) is 5.69 Å². The zero-order valence-corrected chi connectivity index (χ0v) is 19.3. The minimum atomic E-state index is -0.212. The van der Waals surface area contributed by atoms with Crippen LogP contribution in [0, 0.1) is 0 Å². The predicted molar refractivity (Wildman–Crippen MR) is 135 cm³/mol. The molecule has 1 amide bonds. The SMILES string of the molecule is CCOc1ccc(/C=C/C(=O)Nc2ccc(-c3csc(-c4ccccc4)n3)cc2)cc1OC. The smallest absolute Gasteiger partial charge is 0.248 e. The van der Waals surface area contributed by atoms with Gasteiger partial charge < -0.3 is 14.8 Å². The molecular weight excluding hydrogens is 432 g/mol. The van der Waals surface area contributed by atoms with Crippen molar-refractivity contribution in [2.75, 3.05) is 19.0 Å². The van der Waals surface area contributed by atoms with Gasteiger partial charge in [0.05, 0.1) is 19.4 Å². The Balaban J connectivity index is 1.39. The lowest BCUT2D eigenvalue weighted by Crippen LogP contribution is -2.07. The van der Waals surface area contributed by atoms with Gasteiger partial charge in [0.15, 0.2) is 11.5 Å². The van der Waals surface area contributed by atoms with E-state index in [1.807, 2.05) is 73.0 Å². The molecule has 5 nitrogen and oxygen atoms in total. The van der Waals surface area contributed by atoms with Gasteiger partial charge in [-0.15, -0.1) is 11.3 Å². The van der Waals surface area contributed by atoms with E-state index >= 15 is 0 Å². The first-order valence-electron chi connectivity index (χ1n) is 10.6. The van der Waals surface area contributed by atoms with Crippen molar-refractivity contribution >= 4 is 29.0 Å². The van der Waals surface area contributed by atoms with Crippen LogP contribution in [0.5, 0.6) is 11.5 Å². The Morgan fingerprint density at radius 3 is 2.52 bits per heavy atom. The summed E-state index contributed by atoms with van der Waals surface area (Å²) in [5, 5.41) is 5.91. The maximum absolute atomic E-state index is 12.4. The van der Waals surface area contributed by atoms with E-state index in [1.54, 1.807) is 24.5 Å². The first kappa shape index (κ1) is 22.3. The lowest BCUT2D eigenvalue weighted by Gasteiger charge is -2.09. The van der Waals surface area contributed by atoms with E-state index in [4.69, 9.17) is 14.5 Å². The van der Waals surface area contributed by atoms with Crippen LogP contribution in [0.3, 0.4) is 0 Å². The van der Waals surface area contributed by atoms with Crippen LogP contribution in [-0.4, -0.2) is 24.6 Å². The molecule has 0 fully saturated rings. The van der Waals surface area contributed by atoms with Crippen LogP contribution < -0.4 is 14.8 Å². The second-order valence-electron chi connectivity index (χ2n) is 7.15. The Hall–Kier alpha value is -3.90. The minimum absolute atomic E-state index is 0.212. The van der Waals surface area contributed by atoms with Crippen molar-refractivity contribution in [1.82, 2.24) is 4.98 Å². The van der Waals surface area contributed by atoms with Crippen LogP contribution in [0.2, 0.25) is 0 Å². The number of nitrogens with zero attached hydrogens (tertiary/aromatic N) is 1. The van der Waals surface area contributed by atoms with E-state index in [1.165, 1.54) is 6.08 Å². The third-order valence-electron chi connectivity index (χ3n) is 4.89. The highest BCUT2D eigenvalue weighted by atomic mass is 32.1. The van der Waals surface area contributed by atoms with Crippen molar-refractivity contribution in [3.05, 3.63) is 89.8 Å². The molecule has 0 aliphatic rings. The Kier molecular flexibility index (Phi) is 7.17. The highest BCUT2D eigenvalue weighted by Crippen LogP contribution is 2.30. The molecule has 0 unspecified atom stereocenters. The van der Waals surface area contributed by atoms with Gasteiger partial charge >= 0.3 is 0 Å². The fourth-order valence-corrected chi connectivity index (χ4v) is 4.10. The quantitative estimate of drug-likeness (QED) is 0.306. The highest BCUT2D eigenvalue weighted by Gasteiger charge is 2.07. The molecule has 0 radical (unpaired) electrons. The zero-order chi connectivity index (χ0) is 23.0. The summed E-state index contributed by atoms with van der Waals surface area (Å²) < 4.78 is 10.9. The monoisotopic (exact) mass is 456 g/mol. The summed E-state index contributed by atoms with van der Waals surface area (Å²) in [6.45, 7) is 2.48. The molecule has 4 rings (SSSR count). The number of hydrogen-bond acceptors (Lipinski definition) is 5. The lowest BCUT2D eigenvalue weighted by molar-refractivity contribution is -0.111. The molecule has 0 aliphatic carbocycles. The van der Waals surface area contributed by atoms with Gasteiger partial charge in [0.2, 0.25) is 5.91 Å². The number of amides is 1. The number of carbonyl (C=O) groups is 1. The summed E-state index contributed by atoms with van der Waals surface area (Å²) in [6.07, 6.45) is 3.23. The van der Waals surface area contributed by atoms with Gasteiger partial charge in [-0.1, -0.05) is 48.5 Å². The van der Waals surface area contributed by atoms with Gasteiger partial charge in [-0.2, -0.15) is 0 Å². The van der Waals surface area contributed by atoms with Crippen molar-refractivity contribution < 1.29 is 14.3 Å². The molecule has 166 valence electrons. The molecular formula is C27H24N2O3S. The van der Waals surface area contributed by atoms with E-state index in [2.05, 4.69) is 17.4 Å². The summed E-state index contributed by atoms with van der Waals surface area (Å²) in [6, 6.07) is 23.3. The number of nitrogens with one attached hydrogen (secondary N) is 1. The normalized spacial score (nSPS) is 10.8. The maximum Gasteiger partial charge on any atom is 0.248 e. The molecule has 1 N–H and O–H groups in total. The average molecular weight is 457 g/mol. The van der Waals surface area contributed by atoms with Crippen molar-refractivity contribution in [3.63, 3.8) is 0 Å². The van der Waals surface area contributed by atoms with Crippen molar-refractivity contribution in [3.8, 4) is 33.3 Å². The summed E-state index contributed by atoms with van der Waals surface area (Å²) in [4.78, 5) is 17.1. The summed E-state index contributed by atoms with van der Waals surface area (Å²) in [7, 11) is 1.59. The molecule has 3 aromatic carbocycles. The molecule has 0 spiro atoms. The Labute approximate surface area is 197 Å². The highest BCUT2D eigenvalue weighted by molar-refractivity contribution is 7.13. The van der Waals surface area contributed by atoms with Crippen LogP contribution in [0.15, 0.2) is 84.3 Å². The Morgan fingerprint density at radius 1 is 1.00 bits per heavy atom. The number of hydrogen-bond donors (Lipinski definition) is 1. The first-order valence-corrected chi connectivity index (χ1v) is 11.5. The topological polar surface area (TPSA) is 60.5 Å². The number of rotatable bonds is 8. The van der Waals surface area contributed by atoms with Crippen LogP contribution >= 0.6 is 11.3 Å². The van der Waals surface area contributed by atoms with Crippen molar-refractivity contribution in [2.45, 2.75) is 6.92 Å². The number of anilines is 1. The average Bonchev–Trinajstić information content (AvgIpc) is 3.35. The fraction of sp³-hybridized carbons (Fsp3) is 0.111. The van der Waals surface area contributed by atoms with Gasteiger partial charge in [0, 0.05) is 28.3 Å². The third-order valence-corrected chi connectivity index (χ3v) is 5.78. The van der Waals surface area contributed by atoms with Gasteiger partial charge in [-0.3, -0.25) is 4.79 Å². The van der Waals surface area contributed by atoms with Gasteiger partial charge in [-0.25, -0.2) is 4.98 Å². The fourth-order valence-electron chi connectivity index (χ4n) is 3.26. The molecule has 6 heteroatoms. The number of methoxy groups -OCH3 is 1. The van der Waals surface area contributed by atoms with E-state index in [-0.39, 0.29) is 5.91 Å². The van der Waals surface area contributed by atoms with Crippen molar-refractivity contribution in [2.24, 2.45) is 0 Å². The number of carbonyl (C=O) groups excluding carboxylic acids is 1. The van der Waals surface area contributed by atoms with E-state index in [0.717, 1.165) is 33.1 Å². The maximum atomic E-state index is 12.4. The molecule has 33 heavy (non-hydrogen) atoms. The minimum Gasteiger partial charge on any atom is -0.493 e. The summed E-state index contributed by atoms with van der Waals surface area (Å²) in [5.74, 6) is 1.10. The molecule has 0 bridgehead atoms. The third kappa shape index (κ3) is 5.67. The standard InChI is InChI=1S/C27H24N2O3S/c1-3-32-24-15-9-19(17-25(24)31-2)10-16-26(30)28-22-13-11-20(12-14-22)23-18-33-27(29-23)21-7-5-4-6-8-21/h4-18H,3H2,1-2H3,(H,28,30)/b16-10+. The molecule has 1 aromatic heterocycles. The van der Waals surface area contributed by atoms with Gasteiger partial charge in [0.25, 0.3) is 0 Å². The zero-order valence-electron chi connectivity index (χ0n) is 18.4. The second kappa shape index (κ2) is 10.6. The summed E-state index contributed by atoms with van der Waals surface area (Å²) >= 11 is 1.62. The largest absolute Gasteiger partial charge is 0.493 e. The molecule has 0 aliphatic heterocycles.